The lowest BCUT2D eigenvalue weighted by atomic mass is 9.83. The fourth-order valence-electron chi connectivity index (χ4n) is 11.7. The quantitative estimate of drug-likeness (QED) is 0.0650. The smallest absolute Gasteiger partial charge is 0.336 e. The van der Waals surface area contributed by atoms with Gasteiger partial charge in [0, 0.05) is 89.9 Å². The molecule has 2 aromatic rings. The number of ketones is 3. The van der Waals surface area contributed by atoms with Crippen LogP contribution in [0, 0.1) is 47.3 Å². The molecule has 17 nitrogen and oxygen atoms in total. The average molecular weight is 1110 g/mol. The maximum Gasteiger partial charge on any atom is 0.336 e. The summed E-state index contributed by atoms with van der Waals surface area (Å²) in [6, 6.07) is 17.8. The van der Waals surface area contributed by atoms with Gasteiger partial charge in [-0.05, 0) is 80.5 Å². The Morgan fingerprint density at radius 2 is 1.35 bits per heavy atom. The van der Waals surface area contributed by atoms with Gasteiger partial charge in [-0.1, -0.05) is 134 Å². The van der Waals surface area contributed by atoms with Crippen LogP contribution < -0.4 is 5.32 Å². The second-order valence-corrected chi connectivity index (χ2v) is 23.4. The van der Waals surface area contributed by atoms with Gasteiger partial charge in [-0.2, -0.15) is 0 Å². The molecule has 17 heteroatoms. The molecule has 10 atom stereocenters. The minimum atomic E-state index is -0.850. The molecule has 1 fully saturated rings. The van der Waals surface area contributed by atoms with E-state index in [2.05, 4.69) is 5.32 Å². The number of benzene rings is 2. The Morgan fingerprint density at radius 1 is 0.738 bits per heavy atom. The fourth-order valence-corrected chi connectivity index (χ4v) is 11.7. The summed E-state index contributed by atoms with van der Waals surface area (Å²) >= 11 is 0. The highest BCUT2D eigenvalue weighted by atomic mass is 16.7. The van der Waals surface area contributed by atoms with Crippen molar-refractivity contribution in [3.8, 4) is 0 Å². The molecule has 0 saturated carbocycles. The maximum absolute atomic E-state index is 14.9. The Bertz CT molecular complexity index is 2390. The van der Waals surface area contributed by atoms with Crippen LogP contribution in [0.3, 0.4) is 0 Å². The Hall–Kier alpha value is -5.91. The van der Waals surface area contributed by atoms with E-state index >= 15 is 0 Å². The Morgan fingerprint density at radius 3 is 1.90 bits per heavy atom. The van der Waals surface area contributed by atoms with Crippen LogP contribution in [0.2, 0.25) is 0 Å². The number of likely N-dealkylation sites (N-methyl/N-ethyl adjacent to an activating group) is 2. The first kappa shape index (κ1) is 66.6. The van der Waals surface area contributed by atoms with Crippen molar-refractivity contribution in [1.29, 1.82) is 0 Å². The van der Waals surface area contributed by atoms with Crippen LogP contribution >= 0.6 is 0 Å². The highest BCUT2D eigenvalue weighted by Crippen LogP contribution is 2.32. The summed E-state index contributed by atoms with van der Waals surface area (Å²) in [4.78, 5) is 133. The lowest BCUT2D eigenvalue weighted by Gasteiger charge is -2.41. The average Bonchev–Trinajstić information content (AvgIpc) is 4.04. The Balaban J connectivity index is 1.42. The third kappa shape index (κ3) is 19.1. The second kappa shape index (κ2) is 32.5. The Kier molecular flexibility index (Phi) is 27.1. The fraction of sp³-hybridized carbons (Fsp3) is 0.635. The molecule has 2 aliphatic heterocycles. The van der Waals surface area contributed by atoms with Crippen molar-refractivity contribution in [2.75, 3.05) is 41.4 Å². The van der Waals surface area contributed by atoms with E-state index in [9.17, 15) is 43.2 Å². The van der Waals surface area contributed by atoms with Crippen LogP contribution in [0.1, 0.15) is 138 Å². The first-order valence-electron chi connectivity index (χ1n) is 29.0. The van der Waals surface area contributed by atoms with Gasteiger partial charge in [0.1, 0.15) is 11.6 Å². The number of imide groups is 1. The Labute approximate surface area is 476 Å². The molecule has 0 unspecified atom stereocenters. The predicted molar refractivity (Wildman–Crippen MR) is 306 cm³/mol. The number of carbonyl (C=O) groups is 9. The third-order valence-corrected chi connectivity index (χ3v) is 16.3. The molecule has 1 saturated heterocycles. The van der Waals surface area contributed by atoms with E-state index in [0.29, 0.717) is 63.2 Å². The molecule has 2 heterocycles. The standard InChI is InChI=1S/C63H93N5O12/c1-14-43(8)59(66(11)62(76)50(41(4)5)37-53(71)58(42(6)7)65(10)31-21-27-49(69)35-48(33-40(2)3)63(77)80-68-55(72)29-30-56(68)73)54(78-12)38-57(74)67-32-22-28-51(67)60(79-13)44(9)52(70)36-47(34-45-23-17-15-18-24-45)61(75)64-39-46-25-19-16-20-26-46/h15-20,23-26,29-30,40-44,47-48,50-51,54,58-60H,14,21-22,27-28,31-39H2,1-13H3,(H,64,75)/t43-,44-,47+,48-,50-,51-,54+,58-,59-,60+/m0/s1. The van der Waals surface area contributed by atoms with E-state index in [1.54, 1.807) is 31.1 Å². The molecule has 4 rings (SSSR count). The first-order chi connectivity index (χ1) is 37.9. The molecular formula is C63H93N5O12. The van der Waals surface area contributed by atoms with E-state index in [1.807, 2.05) is 135 Å². The molecule has 5 amide bonds. The van der Waals surface area contributed by atoms with Crippen molar-refractivity contribution < 1.29 is 57.5 Å². The molecule has 0 bridgehead atoms. The van der Waals surface area contributed by atoms with E-state index in [1.165, 1.54) is 0 Å². The van der Waals surface area contributed by atoms with Crippen LogP contribution in [0.15, 0.2) is 72.8 Å². The number of Topliss-reactive ketones (excluding diaryl/α,β-unsaturated/α-hetero) is 3. The lowest BCUT2D eigenvalue weighted by molar-refractivity contribution is -0.199. The minimum absolute atomic E-state index is 0.00204. The second-order valence-electron chi connectivity index (χ2n) is 23.4. The van der Waals surface area contributed by atoms with Crippen molar-refractivity contribution in [2.24, 2.45) is 47.3 Å². The number of hydrogen-bond acceptors (Lipinski definition) is 13. The normalized spacial score (nSPS) is 18.0. The molecule has 0 spiro atoms. The number of rotatable bonds is 35. The number of nitrogens with zero attached hydrogens (tertiary/aromatic N) is 4. The van der Waals surface area contributed by atoms with Gasteiger partial charge < -0.3 is 29.4 Å². The van der Waals surface area contributed by atoms with Gasteiger partial charge >= 0.3 is 5.97 Å². The van der Waals surface area contributed by atoms with Gasteiger partial charge in [-0.3, -0.25) is 43.3 Å². The highest BCUT2D eigenvalue weighted by molar-refractivity contribution is 6.12. The van der Waals surface area contributed by atoms with Crippen LogP contribution in [0.5, 0.6) is 0 Å². The maximum atomic E-state index is 14.9. The van der Waals surface area contributed by atoms with E-state index in [0.717, 1.165) is 23.3 Å². The van der Waals surface area contributed by atoms with Gasteiger partial charge in [0.15, 0.2) is 5.78 Å². The molecule has 2 aliphatic rings. The topological polar surface area (TPSA) is 206 Å². The van der Waals surface area contributed by atoms with Gasteiger partial charge in [0.05, 0.1) is 42.7 Å². The summed E-state index contributed by atoms with van der Waals surface area (Å²) in [6.07, 6.45) is 3.74. The van der Waals surface area contributed by atoms with Crippen molar-refractivity contribution in [1.82, 2.24) is 25.1 Å². The zero-order chi connectivity index (χ0) is 59.4. The summed E-state index contributed by atoms with van der Waals surface area (Å²) in [5.74, 6) is -6.58. The van der Waals surface area contributed by atoms with Gasteiger partial charge in [-0.25, -0.2) is 4.79 Å². The summed E-state index contributed by atoms with van der Waals surface area (Å²) < 4.78 is 12.3. The SMILES string of the molecule is CC[C@H](C)[C@@H]([C@@H](CC(=O)N1CCC[C@H]1[C@H](OC)[C@@H](C)C(=O)C[C@@H](Cc1ccccc1)C(=O)NCc1ccccc1)OC)N(C)C(=O)[C@@H](CC(=O)[C@H](C(C)C)N(C)CCCC(=O)C[C@H](CC(C)C)C(=O)ON1C(=O)C=CC1=O)C(C)C. The number of ether oxygens (including phenoxy) is 2. The molecule has 2 aromatic carbocycles. The van der Waals surface area contributed by atoms with Crippen molar-refractivity contribution >= 4 is 52.9 Å². The first-order valence-corrected chi connectivity index (χ1v) is 29.0. The summed E-state index contributed by atoms with van der Waals surface area (Å²) in [5, 5.41) is 3.44. The predicted octanol–water partition coefficient (Wildman–Crippen LogP) is 8.01. The van der Waals surface area contributed by atoms with E-state index in [4.69, 9.17) is 14.3 Å². The number of hydrogen-bond donors (Lipinski definition) is 1. The number of methoxy groups -OCH3 is 2. The van der Waals surface area contributed by atoms with Crippen LogP contribution in [0.4, 0.5) is 0 Å². The largest absolute Gasteiger partial charge is 0.379 e. The summed E-state index contributed by atoms with van der Waals surface area (Å²) in [5.41, 5.74) is 1.90. The third-order valence-electron chi connectivity index (χ3n) is 16.3. The molecule has 442 valence electrons. The van der Waals surface area contributed by atoms with Gasteiger partial charge in [0.25, 0.3) is 11.8 Å². The summed E-state index contributed by atoms with van der Waals surface area (Å²) in [6.45, 7) is 18.6. The molecular weight excluding hydrogens is 1020 g/mol. The number of likely N-dealkylation sites (tertiary alicyclic amines) is 1. The molecule has 0 aliphatic carbocycles. The van der Waals surface area contributed by atoms with Gasteiger partial charge in [0.2, 0.25) is 17.7 Å². The number of hydroxylamine groups is 2. The van der Waals surface area contributed by atoms with Crippen molar-refractivity contribution in [3.63, 3.8) is 0 Å². The number of amides is 5. The lowest BCUT2D eigenvalue weighted by Crippen LogP contribution is -2.54. The number of nitrogens with one attached hydrogen (secondary N) is 1. The van der Waals surface area contributed by atoms with E-state index < -0.39 is 71.8 Å². The zero-order valence-corrected chi connectivity index (χ0v) is 50.0. The molecule has 1 N–H and O–H groups in total. The van der Waals surface area contributed by atoms with Crippen molar-refractivity contribution in [3.05, 3.63) is 83.9 Å². The van der Waals surface area contributed by atoms with Gasteiger partial charge in [-0.15, -0.1) is 0 Å². The highest BCUT2D eigenvalue weighted by Gasteiger charge is 2.44. The monoisotopic (exact) mass is 1110 g/mol. The number of carbonyl (C=O) groups excluding carboxylic acids is 9. The van der Waals surface area contributed by atoms with Crippen molar-refractivity contribution in [2.45, 2.75) is 170 Å². The minimum Gasteiger partial charge on any atom is -0.379 e. The molecule has 0 aromatic heterocycles. The zero-order valence-electron chi connectivity index (χ0n) is 50.0. The molecule has 80 heavy (non-hydrogen) atoms. The van der Waals surface area contributed by atoms with Crippen LogP contribution in [-0.4, -0.2) is 144 Å². The van der Waals surface area contributed by atoms with Crippen LogP contribution in [0.25, 0.3) is 0 Å². The van der Waals surface area contributed by atoms with Crippen LogP contribution in [-0.2, 0) is 70.4 Å². The van der Waals surface area contributed by atoms with E-state index in [-0.39, 0.29) is 90.8 Å². The molecule has 0 radical (unpaired) electrons. The summed E-state index contributed by atoms with van der Waals surface area (Å²) in [7, 11) is 6.66.